The van der Waals surface area contributed by atoms with Crippen LogP contribution in [-0.4, -0.2) is 46.2 Å². The number of carbonyl (C=O) groups excluding carboxylic acids is 1. The number of aliphatic carboxylic acids is 1. The van der Waals surface area contributed by atoms with Crippen LogP contribution in [0.25, 0.3) is 0 Å². The Morgan fingerprint density at radius 3 is 2.31 bits per heavy atom. The molecule has 0 aromatic carbocycles. The first-order valence-corrected chi connectivity index (χ1v) is 4.05. The molecule has 1 amide bonds. The number of hydrogen-bond donors (Lipinski definition) is 2. The topological polar surface area (TPSA) is 77.8 Å². The lowest BCUT2D eigenvalue weighted by molar-refractivity contribution is -0.155. The lowest BCUT2D eigenvalue weighted by atomic mass is 9.90. The molecule has 0 bridgehead atoms. The van der Waals surface area contributed by atoms with Gasteiger partial charge < -0.3 is 15.1 Å². The van der Waals surface area contributed by atoms with E-state index in [4.69, 9.17) is 5.11 Å². The van der Waals surface area contributed by atoms with Crippen LogP contribution in [0.5, 0.6) is 0 Å². The minimum absolute atomic E-state index is 0.109. The van der Waals surface area contributed by atoms with Gasteiger partial charge in [-0.05, 0) is 0 Å². The van der Waals surface area contributed by atoms with Gasteiger partial charge in [0.2, 0.25) is 0 Å². The maximum atomic E-state index is 11.0. The average molecular weight is 187 g/mol. The van der Waals surface area contributed by atoms with Gasteiger partial charge in [-0.2, -0.15) is 0 Å². The second kappa shape index (κ2) is 2.99. The zero-order valence-electron chi connectivity index (χ0n) is 7.65. The highest BCUT2D eigenvalue weighted by atomic mass is 16.4. The molecule has 1 heterocycles. The number of β-amino-alcohol motifs (C(OH)–C–C–N with tert-alkyl or cyclic N) is 1. The van der Waals surface area contributed by atoms with Crippen LogP contribution in [0.1, 0.15) is 13.8 Å². The van der Waals surface area contributed by atoms with Crippen LogP contribution in [0.3, 0.4) is 0 Å². The van der Waals surface area contributed by atoms with E-state index in [1.165, 1.54) is 0 Å². The minimum Gasteiger partial charge on any atom is -0.474 e. The summed E-state index contributed by atoms with van der Waals surface area (Å²) in [7, 11) is 0. The SMILES string of the molecule is CC1(C)CN(C(=O)C(=O)O)CC1O. The Morgan fingerprint density at radius 1 is 1.46 bits per heavy atom. The molecule has 0 aliphatic carbocycles. The number of nitrogens with zero attached hydrogens (tertiary/aromatic N) is 1. The van der Waals surface area contributed by atoms with Gasteiger partial charge in [0.25, 0.3) is 0 Å². The van der Waals surface area contributed by atoms with Gasteiger partial charge in [0.05, 0.1) is 6.10 Å². The number of amides is 1. The second-order valence-corrected chi connectivity index (χ2v) is 4.00. The number of carboxylic acid groups (broad SMARTS) is 1. The van der Waals surface area contributed by atoms with Crippen molar-refractivity contribution in [2.75, 3.05) is 13.1 Å². The van der Waals surface area contributed by atoms with Crippen LogP contribution < -0.4 is 0 Å². The molecule has 1 atom stereocenters. The Bertz CT molecular complexity index is 249. The van der Waals surface area contributed by atoms with E-state index in [0.717, 1.165) is 4.90 Å². The molecule has 1 aliphatic rings. The maximum absolute atomic E-state index is 11.0. The van der Waals surface area contributed by atoms with Gasteiger partial charge in [0, 0.05) is 18.5 Å². The summed E-state index contributed by atoms with van der Waals surface area (Å²) < 4.78 is 0. The molecule has 0 spiro atoms. The van der Waals surface area contributed by atoms with Crippen LogP contribution in [-0.2, 0) is 9.59 Å². The molecule has 74 valence electrons. The van der Waals surface area contributed by atoms with Gasteiger partial charge in [-0.1, -0.05) is 13.8 Å². The van der Waals surface area contributed by atoms with Crippen molar-refractivity contribution in [2.24, 2.45) is 5.41 Å². The minimum atomic E-state index is -1.47. The van der Waals surface area contributed by atoms with E-state index in [1.807, 2.05) is 0 Å². The number of likely N-dealkylation sites (tertiary alicyclic amines) is 1. The molecule has 0 aromatic heterocycles. The van der Waals surface area contributed by atoms with Crippen LogP contribution in [0, 0.1) is 5.41 Å². The number of aliphatic hydroxyl groups excluding tert-OH is 1. The Morgan fingerprint density at radius 2 is 2.00 bits per heavy atom. The van der Waals surface area contributed by atoms with Crippen LogP contribution >= 0.6 is 0 Å². The Hall–Kier alpha value is -1.10. The van der Waals surface area contributed by atoms with Crippen molar-refractivity contribution in [2.45, 2.75) is 20.0 Å². The molecule has 5 heteroatoms. The summed E-state index contributed by atoms with van der Waals surface area (Å²) in [4.78, 5) is 22.5. The normalized spacial score (nSPS) is 26.1. The number of carboxylic acids is 1. The monoisotopic (exact) mass is 187 g/mol. The molecule has 2 N–H and O–H groups in total. The molecular formula is C8H13NO4. The van der Waals surface area contributed by atoms with Crippen molar-refractivity contribution < 1.29 is 19.8 Å². The van der Waals surface area contributed by atoms with E-state index in [9.17, 15) is 14.7 Å². The molecule has 1 unspecified atom stereocenters. The molecule has 1 aliphatic heterocycles. The van der Waals surface area contributed by atoms with Crippen molar-refractivity contribution in [3.05, 3.63) is 0 Å². The smallest absolute Gasteiger partial charge is 0.394 e. The summed E-state index contributed by atoms with van der Waals surface area (Å²) in [5.74, 6) is -2.41. The predicted molar refractivity (Wildman–Crippen MR) is 44.0 cm³/mol. The van der Waals surface area contributed by atoms with E-state index < -0.39 is 23.4 Å². The summed E-state index contributed by atoms with van der Waals surface area (Å²) in [6.45, 7) is 4.00. The zero-order valence-corrected chi connectivity index (χ0v) is 7.65. The van der Waals surface area contributed by atoms with Crippen LogP contribution in [0.2, 0.25) is 0 Å². The van der Waals surface area contributed by atoms with E-state index in [0.29, 0.717) is 6.54 Å². The lowest BCUT2D eigenvalue weighted by Gasteiger charge is -2.20. The summed E-state index contributed by atoms with van der Waals surface area (Å²) in [5, 5.41) is 17.9. The summed E-state index contributed by atoms with van der Waals surface area (Å²) in [6, 6.07) is 0. The maximum Gasteiger partial charge on any atom is 0.394 e. The molecule has 0 radical (unpaired) electrons. The molecular weight excluding hydrogens is 174 g/mol. The number of aliphatic hydroxyl groups is 1. The highest BCUT2D eigenvalue weighted by molar-refractivity contribution is 6.31. The molecule has 1 fully saturated rings. The Kier molecular flexibility index (Phi) is 2.30. The third-order valence-corrected chi connectivity index (χ3v) is 2.36. The standard InChI is InChI=1S/C8H13NO4/c1-8(2)4-9(3-5(8)10)6(11)7(12)13/h5,10H,3-4H2,1-2H3,(H,12,13). The van der Waals surface area contributed by atoms with Crippen molar-refractivity contribution >= 4 is 11.9 Å². The van der Waals surface area contributed by atoms with Gasteiger partial charge in [-0.25, -0.2) is 4.79 Å². The second-order valence-electron chi connectivity index (χ2n) is 4.00. The predicted octanol–water partition coefficient (Wildman–Crippen LogP) is -0.700. The largest absolute Gasteiger partial charge is 0.474 e. The lowest BCUT2D eigenvalue weighted by Crippen LogP contribution is -2.35. The highest BCUT2D eigenvalue weighted by Gasteiger charge is 2.41. The van der Waals surface area contributed by atoms with Crippen molar-refractivity contribution in [1.29, 1.82) is 0 Å². The van der Waals surface area contributed by atoms with Gasteiger partial charge in [-0.15, -0.1) is 0 Å². The number of carbonyl (C=O) groups is 2. The van der Waals surface area contributed by atoms with Crippen molar-refractivity contribution in [3.63, 3.8) is 0 Å². The van der Waals surface area contributed by atoms with Gasteiger partial charge >= 0.3 is 11.9 Å². The van der Waals surface area contributed by atoms with Gasteiger partial charge in [0.15, 0.2) is 0 Å². The first-order valence-electron chi connectivity index (χ1n) is 4.05. The molecule has 0 aromatic rings. The van der Waals surface area contributed by atoms with Gasteiger partial charge in [-0.3, -0.25) is 4.79 Å². The summed E-state index contributed by atoms with van der Waals surface area (Å²) in [6.07, 6.45) is -0.643. The summed E-state index contributed by atoms with van der Waals surface area (Å²) >= 11 is 0. The fraction of sp³-hybridized carbons (Fsp3) is 0.750. The Labute approximate surface area is 76.0 Å². The summed E-state index contributed by atoms with van der Waals surface area (Å²) in [5.41, 5.74) is -0.412. The average Bonchev–Trinajstić information content (AvgIpc) is 2.25. The van der Waals surface area contributed by atoms with E-state index in [2.05, 4.69) is 0 Å². The van der Waals surface area contributed by atoms with Crippen LogP contribution in [0.15, 0.2) is 0 Å². The first-order chi connectivity index (χ1) is 5.84. The third kappa shape index (κ3) is 1.80. The molecule has 5 nitrogen and oxygen atoms in total. The molecule has 1 rings (SSSR count). The fourth-order valence-electron chi connectivity index (χ4n) is 1.41. The first kappa shape index (κ1) is 9.98. The molecule has 1 saturated heterocycles. The van der Waals surface area contributed by atoms with Gasteiger partial charge in [0.1, 0.15) is 0 Å². The van der Waals surface area contributed by atoms with E-state index in [-0.39, 0.29) is 6.54 Å². The van der Waals surface area contributed by atoms with E-state index >= 15 is 0 Å². The molecule has 13 heavy (non-hydrogen) atoms. The quantitative estimate of drug-likeness (QED) is 0.491. The molecule has 0 saturated carbocycles. The van der Waals surface area contributed by atoms with Crippen molar-refractivity contribution in [3.8, 4) is 0 Å². The van der Waals surface area contributed by atoms with E-state index in [1.54, 1.807) is 13.8 Å². The fourth-order valence-corrected chi connectivity index (χ4v) is 1.41. The third-order valence-electron chi connectivity index (χ3n) is 2.36. The van der Waals surface area contributed by atoms with Crippen molar-refractivity contribution in [1.82, 2.24) is 4.90 Å². The zero-order chi connectivity index (χ0) is 10.2. The number of hydrogen-bond acceptors (Lipinski definition) is 3. The highest BCUT2D eigenvalue weighted by Crippen LogP contribution is 2.29. The van der Waals surface area contributed by atoms with Crippen LogP contribution in [0.4, 0.5) is 0 Å². The Balaban J connectivity index is 2.69. The number of rotatable bonds is 0.